The van der Waals surface area contributed by atoms with Crippen molar-refractivity contribution in [1.29, 1.82) is 0 Å². The molecule has 0 saturated carbocycles. The molecular weight excluding hydrogens is 342 g/mol. The lowest BCUT2D eigenvalue weighted by Gasteiger charge is -2.34. The monoisotopic (exact) mass is 363 g/mol. The fourth-order valence-corrected chi connectivity index (χ4v) is 3.75. The van der Waals surface area contributed by atoms with Crippen LogP contribution in [0.25, 0.3) is 0 Å². The van der Waals surface area contributed by atoms with Gasteiger partial charge in [0.25, 0.3) is 5.91 Å². The first-order valence-electron chi connectivity index (χ1n) is 9.08. The number of fused-ring (bicyclic) bond motifs is 1. The lowest BCUT2D eigenvalue weighted by molar-refractivity contribution is -0.143. The van der Waals surface area contributed by atoms with Crippen LogP contribution < -0.4 is 5.01 Å². The number of aliphatic carboxylic acids is 1. The Balaban J connectivity index is 1.59. The van der Waals surface area contributed by atoms with Crippen molar-refractivity contribution in [3.05, 3.63) is 65.2 Å². The molecule has 0 bridgehead atoms. The number of anilines is 1. The third-order valence-corrected chi connectivity index (χ3v) is 5.17. The van der Waals surface area contributed by atoms with Crippen LogP contribution in [0.15, 0.2) is 53.6 Å². The summed E-state index contributed by atoms with van der Waals surface area (Å²) in [5.74, 6) is -1.27. The fraction of sp³-hybridized carbons (Fsp3) is 0.286. The average Bonchev–Trinajstić information content (AvgIpc) is 3.13. The van der Waals surface area contributed by atoms with Gasteiger partial charge in [0.1, 0.15) is 0 Å². The Hall–Kier alpha value is -3.15. The van der Waals surface area contributed by atoms with Crippen molar-refractivity contribution < 1.29 is 14.7 Å². The Morgan fingerprint density at radius 2 is 1.78 bits per heavy atom. The second-order valence-corrected chi connectivity index (χ2v) is 6.94. The summed E-state index contributed by atoms with van der Waals surface area (Å²) in [5.41, 5.74) is 4.20. The summed E-state index contributed by atoms with van der Waals surface area (Å²) >= 11 is 0. The van der Waals surface area contributed by atoms with Crippen LogP contribution in [0.2, 0.25) is 0 Å². The SMILES string of the molecule is CC1=NN(c2ccc(C(=O)N3CCc4ccccc4C3C(=O)O)cc2)CC1. The summed E-state index contributed by atoms with van der Waals surface area (Å²) < 4.78 is 0. The quantitative estimate of drug-likeness (QED) is 0.909. The van der Waals surface area contributed by atoms with Crippen LogP contribution in [0.3, 0.4) is 0 Å². The highest BCUT2D eigenvalue weighted by atomic mass is 16.4. The molecular formula is C21H21N3O3. The van der Waals surface area contributed by atoms with Gasteiger partial charge in [-0.15, -0.1) is 0 Å². The van der Waals surface area contributed by atoms with Crippen molar-refractivity contribution in [3.8, 4) is 0 Å². The molecule has 6 heteroatoms. The molecule has 27 heavy (non-hydrogen) atoms. The van der Waals surface area contributed by atoms with E-state index in [-0.39, 0.29) is 5.91 Å². The van der Waals surface area contributed by atoms with Crippen molar-refractivity contribution in [2.45, 2.75) is 25.8 Å². The fourth-order valence-electron chi connectivity index (χ4n) is 3.75. The van der Waals surface area contributed by atoms with Gasteiger partial charge in [-0.25, -0.2) is 4.79 Å². The largest absolute Gasteiger partial charge is 0.479 e. The van der Waals surface area contributed by atoms with E-state index in [0.717, 1.165) is 29.9 Å². The minimum Gasteiger partial charge on any atom is -0.479 e. The van der Waals surface area contributed by atoms with Gasteiger partial charge in [-0.1, -0.05) is 24.3 Å². The maximum absolute atomic E-state index is 13.0. The van der Waals surface area contributed by atoms with E-state index in [0.29, 0.717) is 24.1 Å². The Morgan fingerprint density at radius 1 is 1.04 bits per heavy atom. The number of hydrazone groups is 1. The number of hydrogen-bond donors (Lipinski definition) is 1. The van der Waals surface area contributed by atoms with Crippen molar-refractivity contribution >= 4 is 23.3 Å². The number of carbonyl (C=O) groups excluding carboxylic acids is 1. The summed E-state index contributed by atoms with van der Waals surface area (Å²) in [6, 6.07) is 13.7. The third kappa shape index (κ3) is 3.18. The maximum atomic E-state index is 13.0. The number of hydrogen-bond acceptors (Lipinski definition) is 4. The maximum Gasteiger partial charge on any atom is 0.331 e. The first kappa shape index (κ1) is 17.3. The number of carbonyl (C=O) groups is 2. The molecule has 2 aromatic rings. The topological polar surface area (TPSA) is 73.2 Å². The number of benzene rings is 2. The Labute approximate surface area is 157 Å². The second-order valence-electron chi connectivity index (χ2n) is 6.94. The van der Waals surface area contributed by atoms with Gasteiger partial charge in [-0.05, 0) is 48.7 Å². The lowest BCUT2D eigenvalue weighted by atomic mass is 9.92. The zero-order valence-corrected chi connectivity index (χ0v) is 15.1. The van der Waals surface area contributed by atoms with E-state index >= 15 is 0 Å². The molecule has 0 aromatic heterocycles. The van der Waals surface area contributed by atoms with E-state index < -0.39 is 12.0 Å². The molecule has 138 valence electrons. The third-order valence-electron chi connectivity index (χ3n) is 5.17. The van der Waals surface area contributed by atoms with Gasteiger partial charge in [0, 0.05) is 30.8 Å². The number of carboxylic acids is 1. The highest BCUT2D eigenvalue weighted by Crippen LogP contribution is 2.31. The predicted octanol–water partition coefficient (Wildman–Crippen LogP) is 3.10. The molecule has 1 atom stereocenters. The first-order valence-corrected chi connectivity index (χ1v) is 9.08. The van der Waals surface area contributed by atoms with Gasteiger partial charge in [-0.2, -0.15) is 5.10 Å². The molecule has 1 amide bonds. The van der Waals surface area contributed by atoms with Crippen LogP contribution in [0, 0.1) is 0 Å². The van der Waals surface area contributed by atoms with E-state index in [1.54, 1.807) is 18.2 Å². The molecule has 1 unspecified atom stereocenters. The standard InChI is InChI=1S/C21H21N3O3/c1-14-10-13-24(22-14)17-8-6-16(7-9-17)20(25)23-12-11-15-4-2-3-5-18(15)19(23)21(26)27/h2-9,19H,10-13H2,1H3,(H,26,27). The van der Waals surface area contributed by atoms with E-state index in [2.05, 4.69) is 5.10 Å². The summed E-state index contributed by atoms with van der Waals surface area (Å²) in [5, 5.41) is 16.1. The zero-order valence-electron chi connectivity index (χ0n) is 15.1. The second kappa shape index (κ2) is 6.87. The van der Waals surface area contributed by atoms with Gasteiger partial charge in [0.15, 0.2) is 6.04 Å². The molecule has 0 aliphatic carbocycles. The zero-order chi connectivity index (χ0) is 19.0. The molecule has 0 radical (unpaired) electrons. The van der Waals surface area contributed by atoms with E-state index in [1.807, 2.05) is 42.3 Å². The first-order chi connectivity index (χ1) is 13.0. The minimum atomic E-state index is -1.01. The van der Waals surface area contributed by atoms with Gasteiger partial charge in [-0.3, -0.25) is 9.80 Å². The lowest BCUT2D eigenvalue weighted by Crippen LogP contribution is -2.43. The van der Waals surface area contributed by atoms with E-state index in [4.69, 9.17) is 0 Å². The molecule has 6 nitrogen and oxygen atoms in total. The number of nitrogens with zero attached hydrogens (tertiary/aromatic N) is 3. The van der Waals surface area contributed by atoms with E-state index in [9.17, 15) is 14.7 Å². The molecule has 2 aliphatic rings. The van der Waals surface area contributed by atoms with Crippen molar-refractivity contribution in [1.82, 2.24) is 4.90 Å². The Morgan fingerprint density at radius 3 is 2.44 bits per heavy atom. The average molecular weight is 363 g/mol. The van der Waals surface area contributed by atoms with Crippen LogP contribution in [0.4, 0.5) is 5.69 Å². The Bertz CT molecular complexity index is 921. The van der Waals surface area contributed by atoms with Crippen molar-refractivity contribution in [3.63, 3.8) is 0 Å². The van der Waals surface area contributed by atoms with Crippen LogP contribution in [0.1, 0.15) is 40.9 Å². The predicted molar refractivity (Wildman–Crippen MR) is 103 cm³/mol. The molecule has 0 fully saturated rings. The number of carboxylic acid groups (broad SMARTS) is 1. The summed E-state index contributed by atoms with van der Waals surface area (Å²) in [7, 11) is 0. The molecule has 2 aromatic carbocycles. The van der Waals surface area contributed by atoms with Crippen LogP contribution in [0.5, 0.6) is 0 Å². The van der Waals surface area contributed by atoms with Gasteiger partial charge in [0.05, 0.1) is 5.69 Å². The van der Waals surface area contributed by atoms with Crippen LogP contribution in [-0.2, 0) is 11.2 Å². The Kier molecular flexibility index (Phi) is 4.39. The smallest absolute Gasteiger partial charge is 0.331 e. The number of amides is 1. The van der Waals surface area contributed by atoms with Gasteiger partial charge >= 0.3 is 5.97 Å². The molecule has 4 rings (SSSR count). The van der Waals surface area contributed by atoms with Crippen LogP contribution >= 0.6 is 0 Å². The van der Waals surface area contributed by atoms with Crippen LogP contribution in [-0.4, -0.2) is 40.7 Å². The summed E-state index contributed by atoms with van der Waals surface area (Å²) in [4.78, 5) is 26.4. The minimum absolute atomic E-state index is 0.260. The normalized spacial score (nSPS) is 18.9. The summed E-state index contributed by atoms with van der Waals surface area (Å²) in [6.07, 6.45) is 1.60. The van der Waals surface area contributed by atoms with Crippen molar-refractivity contribution in [2.24, 2.45) is 5.10 Å². The highest BCUT2D eigenvalue weighted by Gasteiger charge is 2.36. The molecule has 2 heterocycles. The van der Waals surface area contributed by atoms with Crippen molar-refractivity contribution in [2.75, 3.05) is 18.1 Å². The molecule has 0 saturated heterocycles. The molecule has 0 spiro atoms. The summed E-state index contributed by atoms with van der Waals surface area (Å²) in [6.45, 7) is 3.23. The van der Waals surface area contributed by atoms with Gasteiger partial charge < -0.3 is 10.0 Å². The number of rotatable bonds is 3. The molecule has 2 aliphatic heterocycles. The highest BCUT2D eigenvalue weighted by molar-refractivity contribution is 5.97. The molecule has 1 N–H and O–H groups in total. The van der Waals surface area contributed by atoms with Gasteiger partial charge in [0.2, 0.25) is 0 Å². The van der Waals surface area contributed by atoms with E-state index in [1.165, 1.54) is 4.90 Å².